The number of nitrogens with one attached hydrogen (secondary N) is 1. The highest BCUT2D eigenvalue weighted by atomic mass is 35.5. The summed E-state index contributed by atoms with van der Waals surface area (Å²) >= 11 is 18.2. The number of hydrogen-bond acceptors (Lipinski definition) is 5. The summed E-state index contributed by atoms with van der Waals surface area (Å²) in [6.07, 6.45) is -0.732. The summed E-state index contributed by atoms with van der Waals surface area (Å²) in [5, 5.41) is 3.53. The number of carbonyl (C=O) groups is 2. The number of thiocarbonyl (C=S) groups is 1. The lowest BCUT2D eigenvalue weighted by molar-refractivity contribution is -0.128. The molecule has 23 heavy (non-hydrogen) atoms. The van der Waals surface area contributed by atoms with Gasteiger partial charge < -0.3 is 10.1 Å². The molecule has 5 nitrogen and oxygen atoms in total. The summed E-state index contributed by atoms with van der Waals surface area (Å²) in [5.74, 6) is 0.403. The summed E-state index contributed by atoms with van der Waals surface area (Å²) in [5.41, 5.74) is 0. The van der Waals surface area contributed by atoms with Crippen molar-refractivity contribution in [3.8, 4) is 5.75 Å². The molecular formula is C14H14Cl2N2O3S2. The molecule has 0 radical (unpaired) electrons. The van der Waals surface area contributed by atoms with Gasteiger partial charge in [-0.2, -0.15) is 0 Å². The zero-order chi connectivity index (χ0) is 17.0. The molecule has 124 valence electrons. The second-order valence-electron chi connectivity index (χ2n) is 4.73. The zero-order valence-corrected chi connectivity index (χ0v) is 15.3. The molecule has 1 N–H and O–H groups in total. The van der Waals surface area contributed by atoms with E-state index in [0.717, 1.165) is 0 Å². The van der Waals surface area contributed by atoms with Crippen LogP contribution in [0, 0.1) is 0 Å². The lowest BCUT2D eigenvalue weighted by Gasteiger charge is -2.18. The molecule has 1 aromatic rings. The van der Waals surface area contributed by atoms with E-state index >= 15 is 0 Å². The Kier molecular flexibility index (Phi) is 6.52. The Balaban J connectivity index is 1.81. The molecule has 0 aliphatic carbocycles. The molecule has 2 rings (SSSR count). The SMILES string of the molecule is CC(Oc1ccc(Cl)cc1Cl)C(=O)NCCN1C(=O)CSC1=S. The minimum absolute atomic E-state index is 0.0357. The molecule has 0 saturated carbocycles. The number of rotatable bonds is 6. The van der Waals surface area contributed by atoms with Gasteiger partial charge in [0.2, 0.25) is 5.91 Å². The van der Waals surface area contributed by atoms with Crippen molar-refractivity contribution in [3.63, 3.8) is 0 Å². The monoisotopic (exact) mass is 392 g/mol. The van der Waals surface area contributed by atoms with Crippen LogP contribution in [-0.4, -0.2) is 46.0 Å². The van der Waals surface area contributed by atoms with E-state index in [0.29, 0.717) is 39.0 Å². The van der Waals surface area contributed by atoms with Crippen molar-refractivity contribution in [1.29, 1.82) is 0 Å². The molecule has 9 heteroatoms. The lowest BCUT2D eigenvalue weighted by atomic mass is 10.3. The molecule has 1 fully saturated rings. The van der Waals surface area contributed by atoms with Gasteiger partial charge in [0, 0.05) is 18.1 Å². The third-order valence-corrected chi connectivity index (χ3v) is 5.01. The number of thioether (sulfide) groups is 1. The number of hydrogen-bond donors (Lipinski definition) is 1. The third-order valence-electron chi connectivity index (χ3n) is 3.04. The molecule has 1 saturated heterocycles. The smallest absolute Gasteiger partial charge is 0.260 e. The third kappa shape index (κ3) is 4.97. The van der Waals surface area contributed by atoms with Crippen molar-refractivity contribution in [2.24, 2.45) is 0 Å². The standard InChI is InChI=1S/C14H14Cl2N2O3S2/c1-8(21-11-3-2-9(15)6-10(11)16)13(20)17-4-5-18-12(19)7-23-14(18)22/h2-3,6,8H,4-5,7H2,1H3,(H,17,20). The van der Waals surface area contributed by atoms with E-state index in [1.54, 1.807) is 25.1 Å². The first-order chi connectivity index (χ1) is 10.9. The normalized spacial score (nSPS) is 15.7. The summed E-state index contributed by atoms with van der Waals surface area (Å²) < 4.78 is 6.06. The summed E-state index contributed by atoms with van der Waals surface area (Å²) in [6.45, 7) is 2.26. The average molecular weight is 393 g/mol. The van der Waals surface area contributed by atoms with Crippen LogP contribution in [-0.2, 0) is 9.59 Å². The highest BCUT2D eigenvalue weighted by Crippen LogP contribution is 2.28. The molecule has 1 aromatic carbocycles. The van der Waals surface area contributed by atoms with E-state index in [2.05, 4.69) is 5.32 Å². The Labute approximate surface area is 153 Å². The van der Waals surface area contributed by atoms with Crippen molar-refractivity contribution in [2.75, 3.05) is 18.8 Å². The van der Waals surface area contributed by atoms with Gasteiger partial charge in [-0.1, -0.05) is 47.2 Å². The first kappa shape index (κ1) is 18.3. The Morgan fingerprint density at radius 3 is 2.87 bits per heavy atom. The van der Waals surface area contributed by atoms with Crippen LogP contribution in [0.2, 0.25) is 10.0 Å². The van der Waals surface area contributed by atoms with Gasteiger partial charge in [0.1, 0.15) is 10.1 Å². The predicted molar refractivity (Wildman–Crippen MR) is 96.3 cm³/mol. The van der Waals surface area contributed by atoms with E-state index in [-0.39, 0.29) is 11.8 Å². The fraction of sp³-hybridized carbons (Fsp3) is 0.357. The minimum atomic E-state index is -0.732. The summed E-state index contributed by atoms with van der Waals surface area (Å²) in [6, 6.07) is 4.78. The van der Waals surface area contributed by atoms with Crippen LogP contribution in [0.3, 0.4) is 0 Å². The van der Waals surface area contributed by atoms with Crippen molar-refractivity contribution in [2.45, 2.75) is 13.0 Å². The van der Waals surface area contributed by atoms with E-state index in [1.165, 1.54) is 16.7 Å². The van der Waals surface area contributed by atoms with Crippen LogP contribution in [0.1, 0.15) is 6.92 Å². The van der Waals surface area contributed by atoms with Crippen LogP contribution >= 0.6 is 47.2 Å². The van der Waals surface area contributed by atoms with Crippen molar-refractivity contribution >= 4 is 63.3 Å². The lowest BCUT2D eigenvalue weighted by Crippen LogP contribution is -2.42. The van der Waals surface area contributed by atoms with Crippen molar-refractivity contribution in [1.82, 2.24) is 10.2 Å². The van der Waals surface area contributed by atoms with E-state index in [9.17, 15) is 9.59 Å². The van der Waals surface area contributed by atoms with Gasteiger partial charge in [-0.05, 0) is 25.1 Å². The predicted octanol–water partition coefficient (Wildman–Crippen LogP) is 2.74. The number of benzene rings is 1. The van der Waals surface area contributed by atoms with Gasteiger partial charge in [0.05, 0.1) is 10.8 Å². The number of carbonyl (C=O) groups excluding carboxylic acids is 2. The number of amides is 2. The van der Waals surface area contributed by atoms with Crippen LogP contribution < -0.4 is 10.1 Å². The molecule has 0 spiro atoms. The highest BCUT2D eigenvalue weighted by molar-refractivity contribution is 8.23. The topological polar surface area (TPSA) is 58.6 Å². The molecule has 1 heterocycles. The molecule has 1 unspecified atom stereocenters. The van der Waals surface area contributed by atoms with Crippen LogP contribution in [0.25, 0.3) is 0 Å². The molecule has 0 bridgehead atoms. The largest absolute Gasteiger partial charge is 0.479 e. The maximum atomic E-state index is 12.0. The van der Waals surface area contributed by atoms with E-state index < -0.39 is 6.10 Å². The first-order valence-corrected chi connectivity index (χ1v) is 8.90. The van der Waals surface area contributed by atoms with Gasteiger partial charge in [-0.25, -0.2) is 0 Å². The van der Waals surface area contributed by atoms with Crippen LogP contribution in [0.15, 0.2) is 18.2 Å². The molecule has 0 aromatic heterocycles. The number of ether oxygens (including phenoxy) is 1. The van der Waals surface area contributed by atoms with Crippen LogP contribution in [0.5, 0.6) is 5.75 Å². The van der Waals surface area contributed by atoms with E-state index in [4.69, 9.17) is 40.2 Å². The summed E-state index contributed by atoms with van der Waals surface area (Å²) in [7, 11) is 0. The maximum absolute atomic E-state index is 12.0. The Morgan fingerprint density at radius 1 is 1.52 bits per heavy atom. The molecule has 1 aliphatic heterocycles. The van der Waals surface area contributed by atoms with Crippen molar-refractivity contribution < 1.29 is 14.3 Å². The quantitative estimate of drug-likeness (QED) is 0.754. The zero-order valence-electron chi connectivity index (χ0n) is 12.2. The highest BCUT2D eigenvalue weighted by Gasteiger charge is 2.26. The minimum Gasteiger partial charge on any atom is -0.479 e. The average Bonchev–Trinajstić information content (AvgIpc) is 2.81. The Bertz CT molecular complexity index is 626. The second-order valence-corrected chi connectivity index (χ2v) is 7.18. The van der Waals surface area contributed by atoms with E-state index in [1.807, 2.05) is 0 Å². The Hall–Kier alpha value is -1.02. The fourth-order valence-corrected chi connectivity index (χ4v) is 3.42. The van der Waals surface area contributed by atoms with Crippen molar-refractivity contribution in [3.05, 3.63) is 28.2 Å². The molecule has 1 atom stereocenters. The molecule has 2 amide bonds. The summed E-state index contributed by atoms with van der Waals surface area (Å²) in [4.78, 5) is 25.1. The van der Waals surface area contributed by atoms with Gasteiger partial charge >= 0.3 is 0 Å². The Morgan fingerprint density at radius 2 is 2.26 bits per heavy atom. The molecular weight excluding hydrogens is 379 g/mol. The first-order valence-electron chi connectivity index (χ1n) is 6.75. The number of nitrogens with zero attached hydrogens (tertiary/aromatic N) is 1. The van der Waals surface area contributed by atoms with Crippen LogP contribution in [0.4, 0.5) is 0 Å². The van der Waals surface area contributed by atoms with Gasteiger partial charge in [-0.15, -0.1) is 0 Å². The van der Waals surface area contributed by atoms with Gasteiger partial charge in [-0.3, -0.25) is 14.5 Å². The van der Waals surface area contributed by atoms with Gasteiger partial charge in [0.25, 0.3) is 5.91 Å². The fourth-order valence-electron chi connectivity index (χ4n) is 1.85. The number of halogens is 2. The molecule has 1 aliphatic rings. The maximum Gasteiger partial charge on any atom is 0.260 e. The second kappa shape index (κ2) is 8.19. The van der Waals surface area contributed by atoms with Gasteiger partial charge in [0.15, 0.2) is 6.10 Å².